The Morgan fingerprint density at radius 3 is 1.33 bits per heavy atom. The third-order valence-corrected chi connectivity index (χ3v) is 14.9. The molecule has 2 N–H and O–H groups in total. The summed E-state index contributed by atoms with van der Waals surface area (Å²) in [6.07, 6.45) is 3.46. The highest BCUT2D eigenvalue weighted by atomic mass is 79.9. The van der Waals surface area contributed by atoms with Crippen LogP contribution in [0.5, 0.6) is 11.5 Å². The highest BCUT2D eigenvalue weighted by molar-refractivity contribution is 9.10. The van der Waals surface area contributed by atoms with Gasteiger partial charge in [0.2, 0.25) is 0 Å². The van der Waals surface area contributed by atoms with Gasteiger partial charge in [0.1, 0.15) is 11.5 Å². The summed E-state index contributed by atoms with van der Waals surface area (Å²) in [7, 11) is -1.32. The van der Waals surface area contributed by atoms with Crippen molar-refractivity contribution in [3.05, 3.63) is 52.0 Å². The Balaban J connectivity index is 0.000000211. The fourth-order valence-electron chi connectivity index (χ4n) is 7.73. The standard InChI is InChI=1S/C20H32BNO4.C14H20BrNO2.C12H24B2O4.CH4/c1-15-17(21-25-19(2,3)20(4,5)26-21)8-6-9-18(15)24-13-7-11-22-12-10-16(23)14-22;1-11-13(15)4-2-5-14(11)18-9-3-7-16-8-6-12(17)10-16;1-9(2)10(3,4)16-13(15-9)14-17-11(5,6)12(7,8)18-14;/h6,8-9,16,23H,7,10-14H2,1-5H3;2,4-5,12,17H,3,6-10H2,1H3;1-8H3;1H4. The number of hydrogen-bond acceptors (Lipinski definition) is 12. The van der Waals surface area contributed by atoms with Gasteiger partial charge in [-0.05, 0) is 152 Å². The van der Waals surface area contributed by atoms with E-state index in [1.165, 1.54) is 0 Å². The molecule has 354 valence electrons. The van der Waals surface area contributed by atoms with E-state index < -0.39 is 14.0 Å². The predicted molar refractivity (Wildman–Crippen MR) is 259 cm³/mol. The second kappa shape index (κ2) is 21.5. The monoisotopic (exact) mass is 945 g/mol. The van der Waals surface area contributed by atoms with E-state index in [-0.39, 0.29) is 60.4 Å². The van der Waals surface area contributed by atoms with Crippen LogP contribution in [0.1, 0.15) is 127 Å². The summed E-state index contributed by atoms with van der Waals surface area (Å²) in [5.74, 6) is 1.84. The molecule has 5 aliphatic rings. The number of likely N-dealkylation sites (tertiary alicyclic amines) is 2. The van der Waals surface area contributed by atoms with Gasteiger partial charge in [-0.15, -0.1) is 0 Å². The van der Waals surface area contributed by atoms with Gasteiger partial charge in [-0.3, -0.25) is 0 Å². The van der Waals surface area contributed by atoms with Gasteiger partial charge in [0.15, 0.2) is 0 Å². The number of aliphatic hydroxyl groups is 2. The molecule has 2 aromatic rings. The van der Waals surface area contributed by atoms with Gasteiger partial charge in [-0.1, -0.05) is 41.6 Å². The smallest absolute Gasteiger partial charge is 0.493 e. The fourth-order valence-corrected chi connectivity index (χ4v) is 8.08. The Kier molecular flexibility index (Phi) is 18.4. The Morgan fingerprint density at radius 1 is 0.587 bits per heavy atom. The first-order valence-corrected chi connectivity index (χ1v) is 23.5. The van der Waals surface area contributed by atoms with Crippen molar-refractivity contribution in [1.82, 2.24) is 9.80 Å². The van der Waals surface area contributed by atoms with E-state index in [1.54, 1.807) is 0 Å². The molecule has 5 heterocycles. The minimum absolute atomic E-state index is 0. The number of β-amino-alcohol motifs (C(OH)–C–C–N with tert-alkyl or cyclic N) is 2. The van der Waals surface area contributed by atoms with E-state index in [4.69, 9.17) is 37.4 Å². The van der Waals surface area contributed by atoms with E-state index in [1.807, 2.05) is 85.7 Å². The number of aliphatic hydroxyl groups excluding tert-OH is 2. The number of hydrogen-bond donors (Lipinski definition) is 2. The van der Waals surface area contributed by atoms with Crippen molar-refractivity contribution in [2.75, 3.05) is 52.5 Å². The minimum Gasteiger partial charge on any atom is -0.493 e. The summed E-state index contributed by atoms with van der Waals surface area (Å²) in [5.41, 5.74) is 1.12. The van der Waals surface area contributed by atoms with Crippen molar-refractivity contribution in [1.29, 1.82) is 0 Å². The van der Waals surface area contributed by atoms with Crippen LogP contribution >= 0.6 is 15.9 Å². The summed E-state index contributed by atoms with van der Waals surface area (Å²) in [6.45, 7) is 35.6. The summed E-state index contributed by atoms with van der Waals surface area (Å²) >= 11 is 3.50. The second-order valence-electron chi connectivity index (χ2n) is 20.6. The van der Waals surface area contributed by atoms with Crippen LogP contribution in [0.3, 0.4) is 0 Å². The van der Waals surface area contributed by atoms with Crippen molar-refractivity contribution in [3.8, 4) is 11.5 Å². The van der Waals surface area contributed by atoms with Gasteiger partial charge in [0.25, 0.3) is 0 Å². The van der Waals surface area contributed by atoms with E-state index in [0.29, 0.717) is 6.61 Å². The van der Waals surface area contributed by atoms with E-state index in [9.17, 15) is 10.2 Å². The largest absolute Gasteiger partial charge is 0.495 e. The normalized spacial score (nSPS) is 25.3. The molecule has 5 fully saturated rings. The van der Waals surface area contributed by atoms with E-state index in [0.717, 1.165) is 104 Å². The van der Waals surface area contributed by atoms with Crippen LogP contribution in [0.15, 0.2) is 40.9 Å². The average molecular weight is 946 g/mol. The first-order chi connectivity index (χ1) is 28.7. The van der Waals surface area contributed by atoms with Crippen LogP contribution in [0.4, 0.5) is 0 Å². The zero-order valence-corrected chi connectivity index (χ0v) is 41.9. The van der Waals surface area contributed by atoms with Gasteiger partial charge >= 0.3 is 21.1 Å². The average Bonchev–Trinajstić information content (AvgIpc) is 3.93. The van der Waals surface area contributed by atoms with E-state index >= 15 is 0 Å². The molecule has 2 aromatic carbocycles. The number of nitrogens with zero attached hydrogens (tertiary/aromatic N) is 2. The van der Waals surface area contributed by atoms with Crippen molar-refractivity contribution < 1.29 is 47.6 Å². The lowest BCUT2D eigenvalue weighted by Gasteiger charge is -2.32. The summed E-state index contributed by atoms with van der Waals surface area (Å²) in [4.78, 5) is 4.59. The molecule has 0 aromatic heterocycles. The Morgan fingerprint density at radius 2 is 0.952 bits per heavy atom. The Labute approximate surface area is 390 Å². The first kappa shape index (κ1) is 53.9. The van der Waals surface area contributed by atoms with E-state index in [2.05, 4.69) is 73.3 Å². The molecule has 5 saturated heterocycles. The molecule has 0 radical (unpaired) electrons. The van der Waals surface area contributed by atoms with Crippen molar-refractivity contribution >= 4 is 42.5 Å². The molecule has 0 aliphatic carbocycles. The molecular weight excluding hydrogens is 865 g/mol. The third kappa shape index (κ3) is 13.5. The number of rotatable bonds is 12. The van der Waals surface area contributed by atoms with Crippen LogP contribution < -0.4 is 14.9 Å². The maximum atomic E-state index is 9.58. The molecule has 0 amide bonds. The fraction of sp³-hybridized carbons (Fsp3) is 0.745. The lowest BCUT2D eigenvalue weighted by molar-refractivity contribution is 0.00578. The number of halogens is 1. The molecule has 5 aliphatic heterocycles. The molecule has 0 bridgehead atoms. The summed E-state index contributed by atoms with van der Waals surface area (Å²) < 4.78 is 49.1. The SMILES string of the molecule is C.CC1(C)OB(B2OC(C)(C)C(C)(C)O2)OC1(C)C.Cc1c(Br)cccc1OCCCN1CCC(O)C1.Cc1c(OCCCN2CCC(O)C2)cccc1B1OC(C)(C)C(C)(C)O1. The molecule has 0 spiro atoms. The third-order valence-electron chi connectivity index (χ3n) is 14.1. The summed E-state index contributed by atoms with van der Waals surface area (Å²) in [6, 6.07) is 12.1. The lowest BCUT2D eigenvalue weighted by Crippen LogP contribution is -2.41. The maximum Gasteiger partial charge on any atom is 0.495 e. The van der Waals surface area contributed by atoms with Crippen LogP contribution in [-0.2, 0) is 27.9 Å². The molecule has 2 atom stereocenters. The molecule has 16 heteroatoms. The molecular formula is C47H80B3BrN2O10. The van der Waals surface area contributed by atoms with Crippen LogP contribution in [0.25, 0.3) is 0 Å². The van der Waals surface area contributed by atoms with Gasteiger partial charge in [-0.2, -0.15) is 0 Å². The Bertz CT molecular complexity index is 1700. The van der Waals surface area contributed by atoms with Crippen LogP contribution in [-0.4, -0.2) is 139 Å². The Hall–Kier alpha value is -1.69. The van der Waals surface area contributed by atoms with Crippen LogP contribution in [0, 0.1) is 13.8 Å². The van der Waals surface area contributed by atoms with Gasteiger partial charge in [0, 0.05) is 49.3 Å². The minimum atomic E-state index is -0.476. The van der Waals surface area contributed by atoms with Crippen molar-refractivity contribution in [3.63, 3.8) is 0 Å². The zero-order chi connectivity index (χ0) is 45.9. The van der Waals surface area contributed by atoms with Gasteiger partial charge in [0.05, 0.1) is 59.0 Å². The van der Waals surface area contributed by atoms with Crippen molar-refractivity contribution in [2.45, 2.75) is 176 Å². The lowest BCUT2D eigenvalue weighted by atomic mass is 9.49. The van der Waals surface area contributed by atoms with Gasteiger partial charge < -0.3 is 57.4 Å². The van der Waals surface area contributed by atoms with Crippen molar-refractivity contribution in [2.24, 2.45) is 0 Å². The number of ether oxygens (including phenoxy) is 2. The molecule has 63 heavy (non-hydrogen) atoms. The second-order valence-corrected chi connectivity index (χ2v) is 21.4. The topological polar surface area (TPSA) is 121 Å². The summed E-state index contributed by atoms with van der Waals surface area (Å²) in [5, 5.41) is 19.0. The maximum absolute atomic E-state index is 9.58. The first-order valence-electron chi connectivity index (χ1n) is 22.7. The number of benzene rings is 2. The molecule has 12 nitrogen and oxygen atoms in total. The predicted octanol–water partition coefficient (Wildman–Crippen LogP) is 7.61. The van der Waals surface area contributed by atoms with Gasteiger partial charge in [-0.25, -0.2) is 0 Å². The van der Waals surface area contributed by atoms with Crippen LogP contribution in [0.2, 0.25) is 0 Å². The quantitative estimate of drug-likeness (QED) is 0.161. The highest BCUT2D eigenvalue weighted by Crippen LogP contribution is 2.43. The zero-order valence-electron chi connectivity index (χ0n) is 40.3. The molecule has 0 saturated carbocycles. The molecule has 2 unspecified atom stereocenters. The molecule has 7 rings (SSSR count). The highest BCUT2D eigenvalue weighted by Gasteiger charge is 2.63.